The van der Waals surface area contributed by atoms with Crippen LogP contribution >= 0.6 is 0 Å². The topological polar surface area (TPSA) is 50.7 Å². The van der Waals surface area contributed by atoms with E-state index in [-0.39, 0.29) is 0 Å². The van der Waals surface area contributed by atoms with Gasteiger partial charge < -0.3 is 9.47 Å². The fraction of sp³-hybridized carbons (Fsp3) is 0.714. The number of pyridine rings is 2. The van der Waals surface area contributed by atoms with Gasteiger partial charge >= 0.3 is 0 Å². The Kier molecular flexibility index (Phi) is 14.2. The minimum absolute atomic E-state index is 0.524. The van der Waals surface area contributed by atoms with Gasteiger partial charge in [0.25, 0.3) is 0 Å². The minimum atomic E-state index is 0.524. The van der Waals surface area contributed by atoms with E-state index in [1.165, 1.54) is 54.0 Å². The van der Waals surface area contributed by atoms with Gasteiger partial charge in [-0.25, -0.2) is 0 Å². The Balaban J connectivity index is 0.000000199. The number of hydrogen-bond donors (Lipinski definition) is 0. The maximum Gasteiger partial charge on any atom is 0.0583 e. The number of ether oxygens (including phenoxy) is 2. The predicted octanol–water partition coefficient (Wildman–Crippen LogP) is 7.54. The summed E-state index contributed by atoms with van der Waals surface area (Å²) in [4.78, 5) is 14.5. The average molecular weight is 567 g/mol. The fourth-order valence-electron chi connectivity index (χ4n) is 5.03. The molecule has 0 bridgehead atoms. The summed E-state index contributed by atoms with van der Waals surface area (Å²) in [6, 6.07) is 12.2. The van der Waals surface area contributed by atoms with E-state index in [2.05, 4.69) is 101 Å². The summed E-state index contributed by atoms with van der Waals surface area (Å²) < 4.78 is 10.5. The highest BCUT2D eigenvalue weighted by Gasteiger charge is 2.26. The first-order valence-electron chi connectivity index (χ1n) is 16.2. The van der Waals surface area contributed by atoms with Crippen LogP contribution in [0.1, 0.15) is 126 Å². The van der Waals surface area contributed by atoms with Gasteiger partial charge in [-0.3, -0.25) is 19.8 Å². The molecule has 2 atom stereocenters. The Morgan fingerprint density at radius 1 is 0.829 bits per heavy atom. The van der Waals surface area contributed by atoms with E-state index in [0.29, 0.717) is 23.8 Å². The van der Waals surface area contributed by atoms with Crippen molar-refractivity contribution < 1.29 is 9.47 Å². The third kappa shape index (κ3) is 11.4. The van der Waals surface area contributed by atoms with E-state index in [1.54, 1.807) is 0 Å². The fourth-order valence-corrected chi connectivity index (χ4v) is 5.03. The van der Waals surface area contributed by atoms with Crippen molar-refractivity contribution in [3.8, 4) is 0 Å². The van der Waals surface area contributed by atoms with Crippen molar-refractivity contribution in [2.24, 2.45) is 0 Å². The smallest absolute Gasteiger partial charge is 0.0583 e. The Morgan fingerprint density at radius 3 is 2.10 bits per heavy atom. The molecule has 0 spiro atoms. The SMILES string of the molecule is C1CCOC1.CC(C)c1cccc(CN(C)C2CC2)n1.CCC(C)c1ccc(C2CCOC2)c(CN(C)C(C)C)n1. The molecule has 6 nitrogen and oxygen atoms in total. The maximum atomic E-state index is 5.58. The average Bonchev–Trinajstić information content (AvgIpc) is 3.38. The second kappa shape index (κ2) is 17.3. The molecule has 2 aromatic rings. The molecule has 0 N–H and O–H groups in total. The first-order valence-corrected chi connectivity index (χ1v) is 16.2. The molecule has 4 heterocycles. The molecule has 0 aromatic carbocycles. The van der Waals surface area contributed by atoms with Crippen LogP contribution in [0.3, 0.4) is 0 Å². The lowest BCUT2D eigenvalue weighted by Crippen LogP contribution is -2.27. The number of aromatic nitrogens is 2. The largest absolute Gasteiger partial charge is 0.381 e. The summed E-state index contributed by atoms with van der Waals surface area (Å²) >= 11 is 0. The van der Waals surface area contributed by atoms with Crippen LogP contribution in [-0.2, 0) is 22.6 Å². The van der Waals surface area contributed by atoms with Gasteiger partial charge in [-0.05, 0) is 102 Å². The Labute approximate surface area is 251 Å². The predicted molar refractivity (Wildman–Crippen MR) is 171 cm³/mol. The molecular formula is C35H58N4O2. The Morgan fingerprint density at radius 2 is 1.56 bits per heavy atom. The van der Waals surface area contributed by atoms with Gasteiger partial charge in [0.05, 0.1) is 18.0 Å². The summed E-state index contributed by atoms with van der Waals surface area (Å²) in [6.07, 6.45) is 7.54. The van der Waals surface area contributed by atoms with Gasteiger partial charge in [-0.15, -0.1) is 0 Å². The molecule has 6 heteroatoms. The number of nitrogens with zero attached hydrogens (tertiary/aromatic N) is 4. The highest BCUT2D eigenvalue weighted by Crippen LogP contribution is 2.30. The molecular weight excluding hydrogens is 508 g/mol. The zero-order chi connectivity index (χ0) is 29.8. The lowest BCUT2D eigenvalue weighted by atomic mass is 9.94. The molecule has 1 aliphatic carbocycles. The van der Waals surface area contributed by atoms with Gasteiger partial charge in [0.2, 0.25) is 0 Å². The van der Waals surface area contributed by atoms with Crippen molar-refractivity contribution in [1.29, 1.82) is 0 Å². The number of hydrogen-bond acceptors (Lipinski definition) is 6. The molecule has 2 saturated heterocycles. The van der Waals surface area contributed by atoms with Crippen LogP contribution in [0.5, 0.6) is 0 Å². The Hall–Kier alpha value is -1.86. The van der Waals surface area contributed by atoms with E-state index in [9.17, 15) is 0 Å². The molecule has 0 amide bonds. The van der Waals surface area contributed by atoms with Gasteiger partial charge in [0, 0.05) is 62.3 Å². The maximum absolute atomic E-state index is 5.58. The van der Waals surface area contributed by atoms with Crippen LogP contribution in [0.4, 0.5) is 0 Å². The van der Waals surface area contributed by atoms with Crippen molar-refractivity contribution in [2.75, 3.05) is 40.5 Å². The van der Waals surface area contributed by atoms with Gasteiger partial charge in [0.1, 0.15) is 0 Å². The lowest BCUT2D eigenvalue weighted by molar-refractivity contribution is 0.193. The number of rotatable bonds is 10. The first kappa shape index (κ1) is 33.6. The van der Waals surface area contributed by atoms with Crippen molar-refractivity contribution in [3.63, 3.8) is 0 Å². The molecule has 2 unspecified atom stereocenters. The highest BCUT2D eigenvalue weighted by molar-refractivity contribution is 5.29. The van der Waals surface area contributed by atoms with E-state index < -0.39 is 0 Å². The second-order valence-electron chi connectivity index (χ2n) is 12.8. The van der Waals surface area contributed by atoms with Crippen LogP contribution in [0.25, 0.3) is 0 Å². The molecule has 41 heavy (non-hydrogen) atoms. The molecule has 1 saturated carbocycles. The molecule has 3 fully saturated rings. The third-order valence-corrected chi connectivity index (χ3v) is 8.63. The molecule has 0 radical (unpaired) electrons. The third-order valence-electron chi connectivity index (χ3n) is 8.63. The standard InChI is InChI=1S/C18H30N2O.C13H20N2.C4H8O/c1-6-14(4)17-8-7-16(15-9-10-21-12-15)18(19-17)11-20(5)13(2)3;1-10(2)13-6-4-5-11(14-13)9-15(3)12-7-8-12;1-2-4-5-3-1/h7-8,13-15H,6,9-12H2,1-5H3;4-6,10,12H,7-9H2,1-3H3;1-4H2. The monoisotopic (exact) mass is 566 g/mol. The van der Waals surface area contributed by atoms with E-state index in [0.717, 1.165) is 58.4 Å². The van der Waals surface area contributed by atoms with Gasteiger partial charge in [-0.1, -0.05) is 39.8 Å². The van der Waals surface area contributed by atoms with Crippen molar-refractivity contribution in [3.05, 3.63) is 58.7 Å². The van der Waals surface area contributed by atoms with Crippen LogP contribution < -0.4 is 0 Å². The molecule has 5 rings (SSSR count). The first-order chi connectivity index (χ1) is 19.7. The Bertz CT molecular complexity index is 1010. The van der Waals surface area contributed by atoms with Crippen LogP contribution in [0, 0.1) is 0 Å². The molecule has 2 aliphatic heterocycles. The molecule has 3 aliphatic rings. The molecule has 230 valence electrons. The zero-order valence-electron chi connectivity index (χ0n) is 27.4. The minimum Gasteiger partial charge on any atom is -0.381 e. The second-order valence-corrected chi connectivity index (χ2v) is 12.8. The van der Waals surface area contributed by atoms with Crippen LogP contribution in [0.2, 0.25) is 0 Å². The summed E-state index contributed by atoms with van der Waals surface area (Å²) in [6.45, 7) is 19.0. The van der Waals surface area contributed by atoms with E-state index >= 15 is 0 Å². The van der Waals surface area contributed by atoms with Crippen molar-refractivity contribution >= 4 is 0 Å². The molecule has 2 aromatic heterocycles. The summed E-state index contributed by atoms with van der Waals surface area (Å²) in [7, 11) is 4.37. The van der Waals surface area contributed by atoms with E-state index in [4.69, 9.17) is 14.5 Å². The van der Waals surface area contributed by atoms with Crippen molar-refractivity contribution in [1.82, 2.24) is 19.8 Å². The quantitative estimate of drug-likeness (QED) is 0.296. The van der Waals surface area contributed by atoms with E-state index in [1.807, 2.05) is 0 Å². The van der Waals surface area contributed by atoms with Crippen LogP contribution in [0.15, 0.2) is 30.3 Å². The van der Waals surface area contributed by atoms with Gasteiger partial charge in [-0.2, -0.15) is 0 Å². The summed E-state index contributed by atoms with van der Waals surface area (Å²) in [5, 5.41) is 0. The van der Waals surface area contributed by atoms with Crippen LogP contribution in [-0.4, -0.2) is 72.4 Å². The highest BCUT2D eigenvalue weighted by atomic mass is 16.5. The van der Waals surface area contributed by atoms with Crippen molar-refractivity contribution in [2.45, 2.75) is 123 Å². The lowest BCUT2D eigenvalue weighted by Gasteiger charge is -2.24. The summed E-state index contributed by atoms with van der Waals surface area (Å²) in [5.74, 6) is 1.58. The van der Waals surface area contributed by atoms with Gasteiger partial charge in [0.15, 0.2) is 0 Å². The summed E-state index contributed by atoms with van der Waals surface area (Å²) in [5.41, 5.74) is 6.28. The normalized spacial score (nSPS) is 19.4. The zero-order valence-corrected chi connectivity index (χ0v) is 27.4.